The van der Waals surface area contributed by atoms with Gasteiger partial charge in [-0.3, -0.25) is 9.79 Å². The predicted molar refractivity (Wildman–Crippen MR) is 108 cm³/mol. The molecular formula is C21H28N4O2. The molecule has 6 nitrogen and oxygen atoms in total. The Kier molecular flexibility index (Phi) is 4.91. The van der Waals surface area contributed by atoms with Crippen LogP contribution in [0.1, 0.15) is 44.2 Å². The van der Waals surface area contributed by atoms with Crippen LogP contribution in [0.25, 0.3) is 5.57 Å². The van der Waals surface area contributed by atoms with E-state index >= 15 is 0 Å². The number of carbonyl (C=O) groups is 1. The first kappa shape index (κ1) is 18.0. The van der Waals surface area contributed by atoms with E-state index in [1.54, 1.807) is 13.1 Å². The largest absolute Gasteiger partial charge is 0.487 e. The van der Waals surface area contributed by atoms with E-state index in [0.29, 0.717) is 6.04 Å². The number of ether oxygens (including phenoxy) is 1. The van der Waals surface area contributed by atoms with Gasteiger partial charge >= 0.3 is 0 Å². The van der Waals surface area contributed by atoms with E-state index < -0.39 is 0 Å². The van der Waals surface area contributed by atoms with Crippen molar-refractivity contribution in [2.45, 2.75) is 57.7 Å². The molecule has 0 bridgehead atoms. The fourth-order valence-electron chi connectivity index (χ4n) is 3.77. The molecule has 2 fully saturated rings. The Bertz CT molecular complexity index is 794. The zero-order valence-corrected chi connectivity index (χ0v) is 16.1. The molecule has 0 radical (unpaired) electrons. The second-order valence-corrected chi connectivity index (χ2v) is 7.75. The van der Waals surface area contributed by atoms with Crippen LogP contribution < -0.4 is 20.7 Å². The molecular weight excluding hydrogens is 340 g/mol. The molecule has 1 saturated carbocycles. The van der Waals surface area contributed by atoms with Crippen molar-refractivity contribution in [2.75, 3.05) is 18.0 Å². The Morgan fingerprint density at radius 1 is 1.33 bits per heavy atom. The molecule has 1 amide bonds. The summed E-state index contributed by atoms with van der Waals surface area (Å²) in [6, 6.07) is 4.68. The first-order valence-corrected chi connectivity index (χ1v) is 9.87. The number of fused-ring (bicyclic) bond motifs is 1. The Balaban J connectivity index is 1.77. The average molecular weight is 368 g/mol. The molecule has 3 aliphatic rings. The summed E-state index contributed by atoms with van der Waals surface area (Å²) in [5.74, 6) is 0.924. The topological polar surface area (TPSA) is 80.0 Å². The third kappa shape index (κ3) is 3.58. The van der Waals surface area contributed by atoms with Crippen molar-refractivity contribution < 1.29 is 9.53 Å². The lowest BCUT2D eigenvalue weighted by atomic mass is 9.91. The fourth-order valence-corrected chi connectivity index (χ4v) is 3.77. The van der Waals surface area contributed by atoms with Crippen molar-refractivity contribution in [3.8, 4) is 5.75 Å². The van der Waals surface area contributed by atoms with Crippen molar-refractivity contribution in [3.05, 3.63) is 29.5 Å². The third-order valence-electron chi connectivity index (χ3n) is 5.58. The molecule has 0 aromatic heterocycles. The van der Waals surface area contributed by atoms with Crippen molar-refractivity contribution >= 4 is 23.4 Å². The van der Waals surface area contributed by atoms with E-state index in [9.17, 15) is 4.79 Å². The second kappa shape index (κ2) is 7.35. The number of aliphatic imine (C=N–C) groups is 1. The number of carbonyl (C=O) groups excluding carboxylic acids is 1. The maximum Gasteiger partial charge on any atom is 0.224 e. The molecule has 2 heterocycles. The number of nitrogens with zero attached hydrogens (tertiary/aromatic N) is 2. The van der Waals surface area contributed by atoms with Crippen molar-refractivity contribution in [1.29, 1.82) is 0 Å². The number of rotatable bonds is 5. The molecule has 4 rings (SSSR count). The van der Waals surface area contributed by atoms with Crippen LogP contribution in [0.5, 0.6) is 5.75 Å². The molecule has 2 aliphatic heterocycles. The maximum atomic E-state index is 12.3. The van der Waals surface area contributed by atoms with Crippen molar-refractivity contribution in [3.63, 3.8) is 0 Å². The molecule has 6 heteroatoms. The third-order valence-corrected chi connectivity index (χ3v) is 5.58. The number of anilines is 1. The molecule has 1 aliphatic carbocycles. The van der Waals surface area contributed by atoms with Crippen LogP contribution in [0, 0.1) is 0 Å². The molecule has 3 N–H and O–H groups in total. The molecule has 1 saturated heterocycles. The Labute approximate surface area is 160 Å². The Morgan fingerprint density at radius 2 is 2.11 bits per heavy atom. The minimum absolute atomic E-state index is 0.0670. The lowest BCUT2D eigenvalue weighted by Gasteiger charge is -2.37. The molecule has 1 aromatic rings. The summed E-state index contributed by atoms with van der Waals surface area (Å²) in [4.78, 5) is 18.7. The normalized spacial score (nSPS) is 23.3. The number of nitrogens with two attached hydrogens (primary N) is 1. The Morgan fingerprint density at radius 3 is 2.70 bits per heavy atom. The van der Waals surface area contributed by atoms with Gasteiger partial charge in [-0.2, -0.15) is 0 Å². The molecule has 1 atom stereocenters. The highest BCUT2D eigenvalue weighted by atomic mass is 16.5. The first-order valence-electron chi connectivity index (χ1n) is 9.87. The first-order chi connectivity index (χ1) is 13.1. The summed E-state index contributed by atoms with van der Waals surface area (Å²) < 4.78 is 6.39. The van der Waals surface area contributed by atoms with Gasteiger partial charge in [0.2, 0.25) is 5.91 Å². The van der Waals surface area contributed by atoms with Gasteiger partial charge in [-0.15, -0.1) is 0 Å². The number of nitrogens with one attached hydrogen (secondary N) is 1. The van der Waals surface area contributed by atoms with E-state index in [0.717, 1.165) is 66.9 Å². The Hall–Kier alpha value is -2.34. The highest BCUT2D eigenvalue weighted by Gasteiger charge is 2.31. The lowest BCUT2D eigenvalue weighted by molar-refractivity contribution is -0.117. The summed E-state index contributed by atoms with van der Waals surface area (Å²) in [6.07, 6.45) is 7.75. The molecule has 1 unspecified atom stereocenters. The number of hydrogen-bond donors (Lipinski definition) is 2. The predicted octanol–water partition coefficient (Wildman–Crippen LogP) is 2.26. The van der Waals surface area contributed by atoms with Crippen molar-refractivity contribution in [1.82, 2.24) is 5.32 Å². The highest BCUT2D eigenvalue weighted by Crippen LogP contribution is 2.41. The van der Waals surface area contributed by atoms with Crippen molar-refractivity contribution in [2.24, 2.45) is 10.7 Å². The molecule has 144 valence electrons. The maximum absolute atomic E-state index is 12.3. The minimum atomic E-state index is 0.0670. The highest BCUT2D eigenvalue weighted by molar-refractivity contribution is 6.11. The van der Waals surface area contributed by atoms with Gasteiger partial charge in [0.05, 0.1) is 11.7 Å². The van der Waals surface area contributed by atoms with E-state index in [4.69, 9.17) is 10.5 Å². The van der Waals surface area contributed by atoms with Crippen LogP contribution in [0.15, 0.2) is 23.3 Å². The minimum Gasteiger partial charge on any atom is -0.487 e. The summed E-state index contributed by atoms with van der Waals surface area (Å²) in [7, 11) is 0. The monoisotopic (exact) mass is 368 g/mol. The van der Waals surface area contributed by atoms with Crippen LogP contribution >= 0.6 is 0 Å². The van der Waals surface area contributed by atoms with E-state index in [1.807, 2.05) is 23.2 Å². The zero-order valence-electron chi connectivity index (χ0n) is 16.1. The van der Waals surface area contributed by atoms with Gasteiger partial charge in [-0.05, 0) is 44.7 Å². The van der Waals surface area contributed by atoms with Crippen LogP contribution in [-0.2, 0) is 11.2 Å². The summed E-state index contributed by atoms with van der Waals surface area (Å²) in [5.41, 5.74) is 9.85. The summed E-state index contributed by atoms with van der Waals surface area (Å²) in [5, 5.41) is 3.25. The van der Waals surface area contributed by atoms with E-state index in [2.05, 4.69) is 17.2 Å². The average Bonchev–Trinajstić information content (AvgIpc) is 3.43. The number of hydrogen-bond acceptors (Lipinski definition) is 5. The number of allylic oxidation sites excluding steroid dienone is 1. The number of benzene rings is 1. The van der Waals surface area contributed by atoms with Gasteiger partial charge in [0, 0.05) is 55.2 Å². The standard InChI is InChI=1S/C21H28N4O2/c1-13-3-6-19-20(25(13)14(2)26)8-7-18(21(19)27-17-11-23-12-17)15(9-22)10-24-16-4-5-16/h7-10,13,16-17,23H,3-6,11-12,22H2,1-2H3. The van der Waals surface area contributed by atoms with Gasteiger partial charge in [-0.1, -0.05) is 0 Å². The lowest BCUT2D eigenvalue weighted by Crippen LogP contribution is -2.50. The SMILES string of the molecule is CC(=O)N1c2ccc(C(C=NC3CC3)=CN)c(OC3CNC3)c2CCC1C. The van der Waals surface area contributed by atoms with E-state index in [-0.39, 0.29) is 18.1 Å². The molecule has 27 heavy (non-hydrogen) atoms. The van der Waals surface area contributed by atoms with Crippen LogP contribution in [0.4, 0.5) is 5.69 Å². The smallest absolute Gasteiger partial charge is 0.224 e. The van der Waals surface area contributed by atoms with Crippen LogP contribution in [0.3, 0.4) is 0 Å². The fraction of sp³-hybridized carbons (Fsp3) is 0.524. The number of amides is 1. The molecule has 0 spiro atoms. The van der Waals surface area contributed by atoms with Gasteiger partial charge in [0.1, 0.15) is 11.9 Å². The van der Waals surface area contributed by atoms with Gasteiger partial charge in [0.25, 0.3) is 0 Å². The van der Waals surface area contributed by atoms with E-state index in [1.165, 1.54) is 0 Å². The second-order valence-electron chi connectivity index (χ2n) is 7.75. The van der Waals surface area contributed by atoms with Crippen LogP contribution in [-0.4, -0.2) is 43.4 Å². The summed E-state index contributed by atoms with van der Waals surface area (Å²) >= 11 is 0. The van der Waals surface area contributed by atoms with Crippen LogP contribution in [0.2, 0.25) is 0 Å². The van der Waals surface area contributed by atoms with Gasteiger partial charge < -0.3 is 20.7 Å². The van der Waals surface area contributed by atoms with Gasteiger partial charge in [0.15, 0.2) is 0 Å². The molecule has 1 aromatic carbocycles. The quantitative estimate of drug-likeness (QED) is 0.782. The van der Waals surface area contributed by atoms with Gasteiger partial charge in [-0.25, -0.2) is 0 Å². The zero-order chi connectivity index (χ0) is 19.0. The summed E-state index contributed by atoms with van der Waals surface area (Å²) in [6.45, 7) is 5.41.